The molecule has 0 aliphatic carbocycles. The maximum absolute atomic E-state index is 12.3. The molecule has 1 N–H and O–H groups in total. The summed E-state index contributed by atoms with van der Waals surface area (Å²) < 4.78 is 11.2. The summed E-state index contributed by atoms with van der Waals surface area (Å²) in [4.78, 5) is 12.3. The van der Waals surface area contributed by atoms with Gasteiger partial charge in [0.2, 0.25) is 0 Å². The highest BCUT2D eigenvalue weighted by molar-refractivity contribution is 9.10. The largest absolute Gasteiger partial charge is 0.497 e. The Morgan fingerprint density at radius 1 is 1.00 bits per heavy atom. The zero-order chi connectivity index (χ0) is 15.4. The molecule has 0 spiro atoms. The van der Waals surface area contributed by atoms with Crippen LogP contribution in [0.25, 0.3) is 0 Å². The second kappa shape index (κ2) is 6.63. The average Bonchev–Trinajstić information content (AvgIpc) is 2.45. The normalized spacial score (nSPS) is 10.1. The SMILES string of the molecule is COc1cc(NC(=O)c2cc(C)cc(Br)c2)cc(OC)c1. The number of amides is 1. The summed E-state index contributed by atoms with van der Waals surface area (Å²) in [5.41, 5.74) is 2.22. The van der Waals surface area contributed by atoms with Gasteiger partial charge in [-0.1, -0.05) is 15.9 Å². The Kier molecular flexibility index (Phi) is 4.85. The van der Waals surface area contributed by atoms with Crippen LogP contribution in [0.15, 0.2) is 40.9 Å². The quantitative estimate of drug-likeness (QED) is 0.906. The lowest BCUT2D eigenvalue weighted by Gasteiger charge is -2.10. The fourth-order valence-electron chi connectivity index (χ4n) is 1.95. The Hall–Kier alpha value is -2.01. The third kappa shape index (κ3) is 3.98. The van der Waals surface area contributed by atoms with E-state index in [1.165, 1.54) is 0 Å². The number of hydrogen-bond acceptors (Lipinski definition) is 3. The van der Waals surface area contributed by atoms with Gasteiger partial charge in [0.15, 0.2) is 0 Å². The number of halogens is 1. The summed E-state index contributed by atoms with van der Waals surface area (Å²) >= 11 is 3.39. The lowest BCUT2D eigenvalue weighted by atomic mass is 10.1. The van der Waals surface area contributed by atoms with Crippen LogP contribution in [0, 0.1) is 6.92 Å². The van der Waals surface area contributed by atoms with Crippen molar-refractivity contribution in [3.8, 4) is 11.5 Å². The second-order valence-corrected chi connectivity index (χ2v) is 5.49. The van der Waals surface area contributed by atoms with E-state index in [0.717, 1.165) is 10.0 Å². The molecule has 0 saturated carbocycles. The van der Waals surface area contributed by atoms with E-state index >= 15 is 0 Å². The van der Waals surface area contributed by atoms with Crippen LogP contribution in [0.5, 0.6) is 11.5 Å². The Morgan fingerprint density at radius 3 is 2.14 bits per heavy atom. The zero-order valence-electron chi connectivity index (χ0n) is 12.1. The number of aryl methyl sites for hydroxylation is 1. The molecular weight excluding hydrogens is 334 g/mol. The van der Waals surface area contributed by atoms with Gasteiger partial charge in [-0.2, -0.15) is 0 Å². The van der Waals surface area contributed by atoms with Crippen LogP contribution in [0.3, 0.4) is 0 Å². The van der Waals surface area contributed by atoms with Gasteiger partial charge in [-0.15, -0.1) is 0 Å². The third-order valence-corrected chi connectivity index (χ3v) is 3.37. The molecule has 0 radical (unpaired) electrons. The molecule has 0 fully saturated rings. The Balaban J connectivity index is 2.26. The van der Waals surface area contributed by atoms with Crippen molar-refractivity contribution in [3.63, 3.8) is 0 Å². The van der Waals surface area contributed by atoms with E-state index in [1.807, 2.05) is 19.1 Å². The first kappa shape index (κ1) is 15.4. The summed E-state index contributed by atoms with van der Waals surface area (Å²) in [6.07, 6.45) is 0. The van der Waals surface area contributed by atoms with Crippen molar-refractivity contribution in [3.05, 3.63) is 52.0 Å². The van der Waals surface area contributed by atoms with E-state index in [0.29, 0.717) is 22.7 Å². The maximum atomic E-state index is 12.3. The van der Waals surface area contributed by atoms with Crippen LogP contribution in [0.4, 0.5) is 5.69 Å². The van der Waals surface area contributed by atoms with Crippen molar-refractivity contribution in [1.82, 2.24) is 0 Å². The monoisotopic (exact) mass is 349 g/mol. The molecule has 110 valence electrons. The van der Waals surface area contributed by atoms with Crippen LogP contribution < -0.4 is 14.8 Å². The zero-order valence-corrected chi connectivity index (χ0v) is 13.7. The highest BCUT2D eigenvalue weighted by Gasteiger charge is 2.09. The minimum atomic E-state index is -0.185. The van der Waals surface area contributed by atoms with Crippen LogP contribution in [-0.2, 0) is 0 Å². The van der Waals surface area contributed by atoms with Crippen LogP contribution >= 0.6 is 15.9 Å². The van der Waals surface area contributed by atoms with E-state index in [2.05, 4.69) is 21.2 Å². The van der Waals surface area contributed by atoms with Crippen molar-refractivity contribution >= 4 is 27.5 Å². The molecule has 4 nitrogen and oxygen atoms in total. The van der Waals surface area contributed by atoms with Crippen LogP contribution in [0.1, 0.15) is 15.9 Å². The molecule has 0 atom stereocenters. The average molecular weight is 350 g/mol. The molecule has 0 aliphatic rings. The maximum Gasteiger partial charge on any atom is 0.255 e. The number of carbonyl (C=O) groups excluding carboxylic acids is 1. The van der Waals surface area contributed by atoms with Gasteiger partial charge in [0.25, 0.3) is 5.91 Å². The fourth-order valence-corrected chi connectivity index (χ4v) is 2.56. The Morgan fingerprint density at radius 2 is 1.62 bits per heavy atom. The van der Waals surface area contributed by atoms with Gasteiger partial charge in [0, 0.05) is 33.9 Å². The standard InChI is InChI=1S/C16H16BrNO3/c1-10-4-11(6-12(17)5-10)16(19)18-13-7-14(20-2)9-15(8-13)21-3/h4-9H,1-3H3,(H,18,19). The lowest BCUT2D eigenvalue weighted by molar-refractivity contribution is 0.102. The van der Waals surface area contributed by atoms with Crippen molar-refractivity contribution in [2.24, 2.45) is 0 Å². The summed E-state index contributed by atoms with van der Waals surface area (Å²) in [6, 6.07) is 10.8. The molecule has 5 heteroatoms. The molecule has 1 amide bonds. The highest BCUT2D eigenvalue weighted by atomic mass is 79.9. The number of anilines is 1. The molecular formula is C16H16BrNO3. The van der Waals surface area contributed by atoms with Crippen molar-refractivity contribution in [1.29, 1.82) is 0 Å². The molecule has 2 rings (SSSR count). The van der Waals surface area contributed by atoms with Crippen molar-refractivity contribution in [2.45, 2.75) is 6.92 Å². The number of carbonyl (C=O) groups is 1. The first-order chi connectivity index (χ1) is 10.0. The summed E-state index contributed by atoms with van der Waals surface area (Å²) in [5.74, 6) is 1.06. The summed E-state index contributed by atoms with van der Waals surface area (Å²) in [7, 11) is 3.14. The fraction of sp³-hybridized carbons (Fsp3) is 0.188. The van der Waals surface area contributed by atoms with Gasteiger partial charge in [0.05, 0.1) is 14.2 Å². The molecule has 0 aliphatic heterocycles. The van der Waals surface area contributed by atoms with Gasteiger partial charge in [-0.3, -0.25) is 4.79 Å². The van der Waals surface area contributed by atoms with Gasteiger partial charge in [-0.05, 0) is 30.7 Å². The molecule has 0 saturated heterocycles. The third-order valence-electron chi connectivity index (χ3n) is 2.91. The van der Waals surface area contributed by atoms with E-state index in [9.17, 15) is 4.79 Å². The van der Waals surface area contributed by atoms with Gasteiger partial charge in [0.1, 0.15) is 11.5 Å². The highest BCUT2D eigenvalue weighted by Crippen LogP contribution is 2.26. The molecule has 0 aromatic heterocycles. The minimum Gasteiger partial charge on any atom is -0.497 e. The predicted molar refractivity (Wildman–Crippen MR) is 86.4 cm³/mol. The van der Waals surface area contributed by atoms with Crippen molar-refractivity contribution < 1.29 is 14.3 Å². The second-order valence-electron chi connectivity index (χ2n) is 4.57. The van der Waals surface area contributed by atoms with E-state index in [4.69, 9.17) is 9.47 Å². The van der Waals surface area contributed by atoms with E-state index in [1.54, 1.807) is 38.5 Å². The number of rotatable bonds is 4. The number of benzene rings is 2. The number of hydrogen-bond donors (Lipinski definition) is 1. The molecule has 21 heavy (non-hydrogen) atoms. The Bertz CT molecular complexity index is 628. The summed E-state index contributed by atoms with van der Waals surface area (Å²) in [5, 5.41) is 2.84. The van der Waals surface area contributed by atoms with Crippen molar-refractivity contribution in [2.75, 3.05) is 19.5 Å². The molecule has 2 aromatic carbocycles. The smallest absolute Gasteiger partial charge is 0.255 e. The number of ether oxygens (including phenoxy) is 2. The number of methoxy groups -OCH3 is 2. The first-order valence-corrected chi connectivity index (χ1v) is 7.12. The molecule has 0 heterocycles. The topological polar surface area (TPSA) is 47.6 Å². The van der Waals surface area contributed by atoms with E-state index in [-0.39, 0.29) is 5.91 Å². The first-order valence-electron chi connectivity index (χ1n) is 6.33. The van der Waals surface area contributed by atoms with Gasteiger partial charge >= 0.3 is 0 Å². The van der Waals surface area contributed by atoms with Gasteiger partial charge < -0.3 is 14.8 Å². The number of nitrogens with one attached hydrogen (secondary N) is 1. The molecule has 0 bridgehead atoms. The van der Waals surface area contributed by atoms with Crippen LogP contribution in [0.2, 0.25) is 0 Å². The molecule has 0 unspecified atom stereocenters. The predicted octanol–water partition coefficient (Wildman–Crippen LogP) is 4.03. The lowest BCUT2D eigenvalue weighted by Crippen LogP contribution is -2.12. The minimum absolute atomic E-state index is 0.185. The summed E-state index contributed by atoms with van der Waals surface area (Å²) in [6.45, 7) is 1.94. The van der Waals surface area contributed by atoms with Crippen LogP contribution in [-0.4, -0.2) is 20.1 Å². The Labute approximate surface area is 132 Å². The van der Waals surface area contributed by atoms with Gasteiger partial charge in [-0.25, -0.2) is 0 Å². The van der Waals surface area contributed by atoms with E-state index < -0.39 is 0 Å². The molecule has 2 aromatic rings.